The highest BCUT2D eigenvalue weighted by atomic mass is 16.6. The zero-order valence-corrected chi connectivity index (χ0v) is 8.75. The summed E-state index contributed by atoms with van der Waals surface area (Å²) in [5.41, 5.74) is -0.588. The molecular weight excluding hydrogens is 228 g/mol. The molecule has 17 heavy (non-hydrogen) atoms. The van der Waals surface area contributed by atoms with Gasteiger partial charge in [-0.15, -0.1) is 0 Å². The van der Waals surface area contributed by atoms with Crippen molar-refractivity contribution < 1.29 is 19.9 Å². The van der Waals surface area contributed by atoms with Crippen molar-refractivity contribution in [1.29, 1.82) is 5.26 Å². The monoisotopic (exact) mass is 236 g/mol. The van der Waals surface area contributed by atoms with E-state index in [1.807, 2.05) is 0 Å². The number of aliphatic hydroxyl groups is 1. The molecule has 0 amide bonds. The lowest BCUT2D eigenvalue weighted by Crippen LogP contribution is -2.13. The Morgan fingerprint density at radius 1 is 1.59 bits per heavy atom. The largest absolute Gasteiger partial charge is 0.479 e. The number of carbonyl (C=O) groups is 1. The highest BCUT2D eigenvalue weighted by Gasteiger charge is 2.24. The summed E-state index contributed by atoms with van der Waals surface area (Å²) in [6.45, 7) is 1.35. The summed E-state index contributed by atoms with van der Waals surface area (Å²) in [4.78, 5) is 20.5. The van der Waals surface area contributed by atoms with Crippen LogP contribution in [0.1, 0.15) is 22.8 Å². The highest BCUT2D eigenvalue weighted by Crippen LogP contribution is 2.27. The van der Waals surface area contributed by atoms with Crippen LogP contribution in [-0.4, -0.2) is 21.1 Å². The molecule has 0 bridgehead atoms. The van der Waals surface area contributed by atoms with Crippen molar-refractivity contribution in [3.63, 3.8) is 0 Å². The molecule has 0 heterocycles. The second kappa shape index (κ2) is 4.59. The van der Waals surface area contributed by atoms with Crippen molar-refractivity contribution in [2.75, 3.05) is 0 Å². The van der Waals surface area contributed by atoms with Gasteiger partial charge in [0.25, 0.3) is 5.69 Å². The molecule has 7 nitrogen and oxygen atoms in total. The van der Waals surface area contributed by atoms with Gasteiger partial charge in [0, 0.05) is 6.07 Å². The van der Waals surface area contributed by atoms with Gasteiger partial charge in [-0.1, -0.05) is 0 Å². The van der Waals surface area contributed by atoms with Gasteiger partial charge in [0.05, 0.1) is 4.92 Å². The Hall–Kier alpha value is -2.46. The van der Waals surface area contributed by atoms with E-state index in [4.69, 9.17) is 10.4 Å². The molecule has 0 aliphatic carbocycles. The Morgan fingerprint density at radius 3 is 2.59 bits per heavy atom. The first-order valence-electron chi connectivity index (χ1n) is 4.49. The molecule has 2 N–H and O–H groups in total. The number of benzene rings is 1. The summed E-state index contributed by atoms with van der Waals surface area (Å²) in [6, 6.07) is 3.77. The Labute approximate surface area is 95.7 Å². The number of rotatable bonds is 3. The van der Waals surface area contributed by atoms with Crippen LogP contribution in [0.25, 0.3) is 0 Å². The topological polar surface area (TPSA) is 124 Å². The standard InChI is InChI=1S/C10H8N2O5/c1-5-6(9(13)10(14)15)2-3-8(12(16)17)7(5)4-11/h2-3,9,13H,1H3,(H,14,15). The van der Waals surface area contributed by atoms with Crippen LogP contribution in [-0.2, 0) is 4.79 Å². The average Bonchev–Trinajstić information content (AvgIpc) is 2.27. The first kappa shape index (κ1) is 12.6. The molecule has 0 aromatic heterocycles. The Balaban J connectivity index is 3.46. The van der Waals surface area contributed by atoms with Crippen molar-refractivity contribution in [3.8, 4) is 6.07 Å². The van der Waals surface area contributed by atoms with Crippen LogP contribution < -0.4 is 0 Å². The van der Waals surface area contributed by atoms with E-state index < -0.39 is 22.7 Å². The van der Waals surface area contributed by atoms with Gasteiger partial charge < -0.3 is 10.2 Å². The van der Waals surface area contributed by atoms with Crippen LogP contribution >= 0.6 is 0 Å². The second-order valence-corrected chi connectivity index (χ2v) is 3.28. The molecule has 0 saturated carbocycles. The number of hydrogen-bond acceptors (Lipinski definition) is 5. The van der Waals surface area contributed by atoms with Crippen LogP contribution in [0.5, 0.6) is 0 Å². The minimum absolute atomic E-state index is 0.0281. The third-order valence-corrected chi connectivity index (χ3v) is 2.32. The maximum Gasteiger partial charge on any atom is 0.337 e. The van der Waals surface area contributed by atoms with Crippen LogP contribution in [0.2, 0.25) is 0 Å². The molecule has 1 aromatic carbocycles. The van der Waals surface area contributed by atoms with E-state index in [-0.39, 0.29) is 16.7 Å². The van der Waals surface area contributed by atoms with Crippen LogP contribution in [0.4, 0.5) is 5.69 Å². The fourth-order valence-corrected chi connectivity index (χ4v) is 1.44. The van der Waals surface area contributed by atoms with Gasteiger partial charge in [-0.2, -0.15) is 5.26 Å². The quantitative estimate of drug-likeness (QED) is 0.593. The first-order valence-corrected chi connectivity index (χ1v) is 4.49. The zero-order valence-electron chi connectivity index (χ0n) is 8.75. The third-order valence-electron chi connectivity index (χ3n) is 2.32. The van der Waals surface area contributed by atoms with Crippen molar-refractivity contribution in [3.05, 3.63) is 38.9 Å². The van der Waals surface area contributed by atoms with Gasteiger partial charge in [0.2, 0.25) is 0 Å². The Morgan fingerprint density at radius 2 is 2.18 bits per heavy atom. The maximum absolute atomic E-state index is 10.6. The molecule has 0 spiro atoms. The van der Waals surface area contributed by atoms with Gasteiger partial charge in [0.15, 0.2) is 6.10 Å². The first-order chi connectivity index (χ1) is 7.90. The molecule has 1 atom stereocenters. The van der Waals surface area contributed by atoms with E-state index in [0.717, 1.165) is 12.1 Å². The second-order valence-electron chi connectivity index (χ2n) is 3.28. The molecule has 1 unspecified atom stereocenters. The number of nitrogens with zero attached hydrogens (tertiary/aromatic N) is 2. The summed E-state index contributed by atoms with van der Waals surface area (Å²) in [5.74, 6) is -1.48. The molecule has 0 saturated heterocycles. The predicted molar refractivity (Wildman–Crippen MR) is 55.1 cm³/mol. The summed E-state index contributed by atoms with van der Waals surface area (Å²) in [7, 11) is 0. The van der Waals surface area contributed by atoms with E-state index in [9.17, 15) is 20.0 Å². The van der Waals surface area contributed by atoms with Gasteiger partial charge in [-0.3, -0.25) is 10.1 Å². The van der Waals surface area contributed by atoms with E-state index >= 15 is 0 Å². The number of aliphatic hydroxyl groups excluding tert-OH is 1. The zero-order chi connectivity index (χ0) is 13.2. The fraction of sp³-hybridized carbons (Fsp3) is 0.200. The highest BCUT2D eigenvalue weighted by molar-refractivity contribution is 5.75. The third kappa shape index (κ3) is 2.21. The lowest BCUT2D eigenvalue weighted by atomic mass is 9.97. The normalized spacial score (nSPS) is 11.6. The molecular formula is C10H8N2O5. The van der Waals surface area contributed by atoms with Crippen molar-refractivity contribution in [2.24, 2.45) is 0 Å². The number of hydrogen-bond donors (Lipinski definition) is 2. The SMILES string of the molecule is Cc1c(C(O)C(=O)O)ccc([N+](=O)[O-])c1C#N. The van der Waals surface area contributed by atoms with Crippen LogP contribution in [0.15, 0.2) is 12.1 Å². The Kier molecular flexibility index (Phi) is 3.40. The van der Waals surface area contributed by atoms with Crippen molar-refractivity contribution in [2.45, 2.75) is 13.0 Å². The van der Waals surface area contributed by atoms with E-state index in [1.54, 1.807) is 6.07 Å². The molecule has 0 fully saturated rings. The smallest absolute Gasteiger partial charge is 0.337 e. The summed E-state index contributed by atoms with van der Waals surface area (Å²) < 4.78 is 0. The average molecular weight is 236 g/mol. The summed E-state index contributed by atoms with van der Waals surface area (Å²) in [6.07, 6.45) is -1.80. The van der Waals surface area contributed by atoms with Gasteiger partial charge in [0.1, 0.15) is 11.6 Å². The van der Waals surface area contributed by atoms with Gasteiger partial charge in [-0.25, -0.2) is 4.79 Å². The number of carboxylic acids is 1. The van der Waals surface area contributed by atoms with Crippen LogP contribution in [0, 0.1) is 28.4 Å². The fourth-order valence-electron chi connectivity index (χ4n) is 1.44. The predicted octanol–water partition coefficient (Wildman–Crippen LogP) is 0.893. The van der Waals surface area contributed by atoms with E-state index in [2.05, 4.69) is 0 Å². The summed E-state index contributed by atoms with van der Waals surface area (Å²) in [5, 5.41) is 37.4. The Bertz CT molecular complexity index is 532. The van der Waals surface area contributed by atoms with Crippen molar-refractivity contribution >= 4 is 11.7 Å². The van der Waals surface area contributed by atoms with Gasteiger partial charge in [-0.05, 0) is 24.1 Å². The number of carboxylic acid groups (broad SMARTS) is 1. The van der Waals surface area contributed by atoms with E-state index in [1.165, 1.54) is 6.92 Å². The molecule has 0 aliphatic heterocycles. The molecule has 88 valence electrons. The molecule has 0 aliphatic rings. The number of nitro groups is 1. The minimum Gasteiger partial charge on any atom is -0.479 e. The van der Waals surface area contributed by atoms with Gasteiger partial charge >= 0.3 is 5.97 Å². The molecule has 0 radical (unpaired) electrons. The van der Waals surface area contributed by atoms with Crippen molar-refractivity contribution in [1.82, 2.24) is 0 Å². The maximum atomic E-state index is 10.6. The minimum atomic E-state index is -1.80. The number of nitriles is 1. The molecule has 1 rings (SSSR count). The molecule has 1 aromatic rings. The number of nitro benzene ring substituents is 1. The van der Waals surface area contributed by atoms with E-state index in [0.29, 0.717) is 0 Å². The lowest BCUT2D eigenvalue weighted by Gasteiger charge is -2.10. The lowest BCUT2D eigenvalue weighted by molar-refractivity contribution is -0.385. The number of aliphatic carboxylic acids is 1. The summed E-state index contributed by atoms with van der Waals surface area (Å²) >= 11 is 0. The van der Waals surface area contributed by atoms with Crippen LogP contribution in [0.3, 0.4) is 0 Å². The molecule has 7 heteroatoms.